The van der Waals surface area contributed by atoms with Gasteiger partial charge in [0, 0.05) is 30.5 Å². The van der Waals surface area contributed by atoms with Crippen LogP contribution in [0.4, 0.5) is 0 Å². The van der Waals surface area contributed by atoms with Crippen molar-refractivity contribution < 1.29 is 4.79 Å². The summed E-state index contributed by atoms with van der Waals surface area (Å²) in [5, 5.41) is 8.85. The number of hydrogen-bond donors (Lipinski definition) is 1. The molecule has 0 saturated heterocycles. The second-order valence-electron chi connectivity index (χ2n) is 9.40. The van der Waals surface area contributed by atoms with E-state index >= 15 is 0 Å². The number of hydrogen-bond acceptors (Lipinski definition) is 3. The maximum absolute atomic E-state index is 13.5. The fourth-order valence-electron chi connectivity index (χ4n) is 5.12. The van der Waals surface area contributed by atoms with Crippen LogP contribution in [-0.4, -0.2) is 26.8 Å². The summed E-state index contributed by atoms with van der Waals surface area (Å²) in [4.78, 5) is 26.0. The number of carbonyl (C=O) groups excluding carboxylic acids is 1. The van der Waals surface area contributed by atoms with Crippen LogP contribution in [0.3, 0.4) is 0 Å². The van der Waals surface area contributed by atoms with E-state index in [4.69, 9.17) is 5.10 Å². The summed E-state index contributed by atoms with van der Waals surface area (Å²) in [6.45, 7) is 9.22. The molecule has 0 spiro atoms. The quantitative estimate of drug-likeness (QED) is 0.477. The smallest absolute Gasteiger partial charge is 0.255 e. The summed E-state index contributed by atoms with van der Waals surface area (Å²) in [5.41, 5.74) is 6.88. The second-order valence-corrected chi connectivity index (χ2v) is 9.40. The van der Waals surface area contributed by atoms with E-state index in [0.29, 0.717) is 31.5 Å². The van der Waals surface area contributed by atoms with Gasteiger partial charge in [0.1, 0.15) is 5.65 Å². The molecule has 0 atom stereocenters. The Morgan fingerprint density at radius 2 is 1.97 bits per heavy atom. The molecule has 0 bridgehead atoms. The van der Waals surface area contributed by atoms with Crippen LogP contribution in [0.1, 0.15) is 67.8 Å². The second kappa shape index (κ2) is 10.4. The minimum atomic E-state index is -0.0264. The van der Waals surface area contributed by atoms with Crippen molar-refractivity contribution in [3.8, 4) is 5.69 Å². The summed E-state index contributed by atoms with van der Waals surface area (Å²) in [5.74, 6) is 0.00512. The van der Waals surface area contributed by atoms with E-state index in [1.807, 2.05) is 37.6 Å². The largest absolute Gasteiger partial charge is 0.356 e. The van der Waals surface area contributed by atoms with Gasteiger partial charge in [-0.3, -0.25) is 14.2 Å². The third-order valence-electron chi connectivity index (χ3n) is 6.94. The first-order valence-corrected chi connectivity index (χ1v) is 12.5. The van der Waals surface area contributed by atoms with Crippen molar-refractivity contribution >= 4 is 16.9 Å². The van der Waals surface area contributed by atoms with E-state index in [-0.39, 0.29) is 11.5 Å². The molecule has 6 nitrogen and oxygen atoms in total. The lowest BCUT2D eigenvalue weighted by atomic mass is 9.97. The highest BCUT2D eigenvalue weighted by Gasteiger charge is 2.21. The number of aryl methyl sites for hydroxylation is 4. The van der Waals surface area contributed by atoms with Crippen molar-refractivity contribution in [2.45, 2.75) is 79.2 Å². The fourth-order valence-corrected chi connectivity index (χ4v) is 5.12. The Bertz CT molecular complexity index is 1300. The molecule has 6 heteroatoms. The molecule has 1 amide bonds. The first kappa shape index (κ1) is 24.0. The highest BCUT2D eigenvalue weighted by atomic mass is 16.1. The van der Waals surface area contributed by atoms with Gasteiger partial charge in [-0.15, -0.1) is 0 Å². The third-order valence-corrected chi connectivity index (χ3v) is 6.94. The van der Waals surface area contributed by atoms with Gasteiger partial charge in [0.25, 0.3) is 5.56 Å². The number of carbonyl (C=O) groups is 1. The van der Waals surface area contributed by atoms with E-state index in [2.05, 4.69) is 30.4 Å². The van der Waals surface area contributed by atoms with E-state index in [1.54, 1.807) is 4.57 Å². The number of aromatic nitrogens is 3. The van der Waals surface area contributed by atoms with Gasteiger partial charge < -0.3 is 5.32 Å². The summed E-state index contributed by atoms with van der Waals surface area (Å²) in [7, 11) is 0. The van der Waals surface area contributed by atoms with Gasteiger partial charge in [0.15, 0.2) is 0 Å². The van der Waals surface area contributed by atoms with E-state index < -0.39 is 0 Å². The van der Waals surface area contributed by atoms with Crippen LogP contribution < -0.4 is 10.9 Å². The van der Waals surface area contributed by atoms with E-state index in [9.17, 15) is 9.59 Å². The average molecular weight is 461 g/mol. The van der Waals surface area contributed by atoms with Gasteiger partial charge in [-0.25, -0.2) is 4.68 Å². The molecule has 3 aromatic rings. The predicted octanol–water partition coefficient (Wildman–Crippen LogP) is 5.07. The molecule has 1 aliphatic carbocycles. The van der Waals surface area contributed by atoms with E-state index in [0.717, 1.165) is 52.8 Å². The molecule has 1 aromatic carbocycles. The number of allylic oxidation sites excluding steroid dienone is 1. The molecule has 4 rings (SSSR count). The van der Waals surface area contributed by atoms with Gasteiger partial charge in [0.2, 0.25) is 5.91 Å². The summed E-state index contributed by atoms with van der Waals surface area (Å²) in [6, 6.07) is 8.15. The van der Waals surface area contributed by atoms with Crippen molar-refractivity contribution in [3.63, 3.8) is 0 Å². The Kier molecular flexibility index (Phi) is 7.35. The fraction of sp³-hybridized carbons (Fsp3) is 0.464. The van der Waals surface area contributed by atoms with Gasteiger partial charge in [-0.05, 0) is 89.5 Å². The van der Waals surface area contributed by atoms with Crippen molar-refractivity contribution in [1.29, 1.82) is 0 Å². The number of benzene rings is 1. The van der Waals surface area contributed by atoms with Gasteiger partial charge >= 0.3 is 0 Å². The predicted molar refractivity (Wildman–Crippen MR) is 138 cm³/mol. The number of nitrogens with one attached hydrogen (secondary N) is 1. The number of rotatable bonds is 8. The SMILES string of the molecule is CCn1c(=O)c(CCC(=O)NCCC2=CCCCC2)c(C)c2c(C)nn(-c3cccc(C)c3)c21. The average Bonchev–Trinajstić information content (AvgIpc) is 3.17. The lowest BCUT2D eigenvalue weighted by Crippen LogP contribution is -2.29. The molecule has 2 aromatic heterocycles. The molecular weight excluding hydrogens is 424 g/mol. The first-order chi connectivity index (χ1) is 16.4. The van der Waals surface area contributed by atoms with Gasteiger partial charge in [0.05, 0.1) is 11.4 Å². The zero-order valence-corrected chi connectivity index (χ0v) is 20.9. The standard InChI is InChI=1S/C28H36N4O2/c1-5-31-27-26(21(4)30-32(27)23-13-9-10-19(2)18-23)20(3)24(28(31)34)14-15-25(33)29-17-16-22-11-7-6-8-12-22/h9-11,13,18H,5-8,12,14-17H2,1-4H3,(H,29,33). The molecule has 2 heterocycles. The maximum atomic E-state index is 13.5. The molecule has 0 radical (unpaired) electrons. The van der Waals surface area contributed by atoms with Crippen LogP contribution in [0.25, 0.3) is 16.7 Å². The number of fused-ring (bicyclic) bond motifs is 1. The zero-order valence-electron chi connectivity index (χ0n) is 20.9. The van der Waals surface area contributed by atoms with Crippen molar-refractivity contribution in [2.75, 3.05) is 6.54 Å². The summed E-state index contributed by atoms with van der Waals surface area (Å²) < 4.78 is 3.68. The normalized spacial score (nSPS) is 13.8. The van der Waals surface area contributed by atoms with Crippen LogP contribution in [-0.2, 0) is 17.8 Å². The molecule has 0 aliphatic heterocycles. The number of pyridine rings is 1. The van der Waals surface area contributed by atoms with Crippen molar-refractivity contribution in [3.05, 3.63) is 68.7 Å². The highest BCUT2D eigenvalue weighted by molar-refractivity contribution is 5.85. The van der Waals surface area contributed by atoms with Crippen LogP contribution in [0.5, 0.6) is 0 Å². The van der Waals surface area contributed by atoms with Crippen molar-refractivity contribution in [2.24, 2.45) is 0 Å². The lowest BCUT2D eigenvalue weighted by molar-refractivity contribution is -0.121. The Morgan fingerprint density at radius 3 is 2.68 bits per heavy atom. The van der Waals surface area contributed by atoms with Gasteiger partial charge in [-0.1, -0.05) is 23.8 Å². The molecule has 0 fully saturated rings. The third kappa shape index (κ3) is 4.86. The first-order valence-electron chi connectivity index (χ1n) is 12.5. The Hall–Kier alpha value is -3.15. The Morgan fingerprint density at radius 1 is 1.15 bits per heavy atom. The van der Waals surface area contributed by atoms with Crippen LogP contribution in [0, 0.1) is 20.8 Å². The number of amides is 1. The molecule has 0 saturated carbocycles. The molecule has 1 aliphatic rings. The van der Waals surface area contributed by atoms with Gasteiger partial charge in [-0.2, -0.15) is 5.10 Å². The molecular formula is C28H36N4O2. The molecule has 180 valence electrons. The zero-order chi connectivity index (χ0) is 24.2. The summed E-state index contributed by atoms with van der Waals surface area (Å²) >= 11 is 0. The minimum absolute atomic E-state index is 0.00512. The molecule has 0 unspecified atom stereocenters. The Labute approximate surface area is 201 Å². The maximum Gasteiger partial charge on any atom is 0.255 e. The van der Waals surface area contributed by atoms with Crippen molar-refractivity contribution in [1.82, 2.24) is 19.7 Å². The lowest BCUT2D eigenvalue weighted by Gasteiger charge is -2.15. The Balaban J connectivity index is 1.58. The topological polar surface area (TPSA) is 68.9 Å². The number of nitrogens with zero attached hydrogens (tertiary/aromatic N) is 3. The van der Waals surface area contributed by atoms with Crippen LogP contribution in [0.2, 0.25) is 0 Å². The summed E-state index contributed by atoms with van der Waals surface area (Å²) in [6.07, 6.45) is 8.84. The van der Waals surface area contributed by atoms with Crippen LogP contribution >= 0.6 is 0 Å². The monoisotopic (exact) mass is 460 g/mol. The molecule has 34 heavy (non-hydrogen) atoms. The molecule has 1 N–H and O–H groups in total. The minimum Gasteiger partial charge on any atom is -0.356 e. The van der Waals surface area contributed by atoms with E-state index in [1.165, 1.54) is 18.4 Å². The highest BCUT2D eigenvalue weighted by Crippen LogP contribution is 2.26. The van der Waals surface area contributed by atoms with Crippen LogP contribution in [0.15, 0.2) is 40.7 Å².